The van der Waals surface area contributed by atoms with Crippen molar-refractivity contribution in [2.24, 2.45) is 0 Å². The van der Waals surface area contributed by atoms with Gasteiger partial charge in [-0.05, 0) is 30.3 Å². The van der Waals surface area contributed by atoms with E-state index in [9.17, 15) is 13.2 Å². The molecule has 0 bridgehead atoms. The van der Waals surface area contributed by atoms with E-state index in [0.29, 0.717) is 28.0 Å². The lowest BCUT2D eigenvalue weighted by Crippen LogP contribution is -2.48. The lowest BCUT2D eigenvalue weighted by atomic mass is 10.1. The van der Waals surface area contributed by atoms with E-state index in [2.05, 4.69) is 15.9 Å². The van der Waals surface area contributed by atoms with Gasteiger partial charge < -0.3 is 18.8 Å². The summed E-state index contributed by atoms with van der Waals surface area (Å²) >= 11 is 9.71. The van der Waals surface area contributed by atoms with Crippen LogP contribution < -0.4 is 19.8 Å². The SMILES string of the molecule is COc1cc(OC)c2c(=O)c3cc(Br)ccc3oc2c1S(=O)(=O)N1CCN(c2ccccc2Cl)CC1. The predicted octanol–water partition coefficient (Wildman–Crippen LogP) is 4.89. The van der Waals surface area contributed by atoms with E-state index in [1.807, 2.05) is 23.1 Å². The number of para-hydroxylation sites is 1. The minimum Gasteiger partial charge on any atom is -0.496 e. The summed E-state index contributed by atoms with van der Waals surface area (Å²) in [6.07, 6.45) is 0. The van der Waals surface area contributed by atoms with Crippen LogP contribution in [-0.2, 0) is 10.0 Å². The third kappa shape index (κ3) is 4.11. The highest BCUT2D eigenvalue weighted by molar-refractivity contribution is 9.10. The zero-order valence-electron chi connectivity index (χ0n) is 19.5. The Bertz CT molecular complexity index is 1650. The number of sulfonamides is 1. The lowest BCUT2D eigenvalue weighted by Gasteiger charge is -2.36. The second-order valence-electron chi connectivity index (χ2n) is 8.23. The van der Waals surface area contributed by atoms with Gasteiger partial charge in [-0.3, -0.25) is 4.79 Å². The van der Waals surface area contributed by atoms with Crippen molar-refractivity contribution in [3.63, 3.8) is 0 Å². The fourth-order valence-corrected chi connectivity index (χ4v) is 6.78. The summed E-state index contributed by atoms with van der Waals surface area (Å²) in [5.41, 5.74) is 0.616. The number of anilines is 1. The molecule has 3 aromatic carbocycles. The van der Waals surface area contributed by atoms with Gasteiger partial charge in [-0.25, -0.2) is 8.42 Å². The van der Waals surface area contributed by atoms with Crippen molar-refractivity contribution in [3.05, 3.63) is 68.2 Å². The molecule has 0 amide bonds. The first-order valence-corrected chi connectivity index (χ1v) is 13.7. The molecule has 5 rings (SSSR count). The van der Waals surface area contributed by atoms with E-state index >= 15 is 0 Å². The van der Waals surface area contributed by atoms with Gasteiger partial charge in [0.25, 0.3) is 10.0 Å². The topological polar surface area (TPSA) is 89.3 Å². The minimum atomic E-state index is -4.11. The Morgan fingerprint density at radius 2 is 1.67 bits per heavy atom. The molecule has 188 valence electrons. The summed E-state index contributed by atoms with van der Waals surface area (Å²) in [7, 11) is -1.34. The van der Waals surface area contributed by atoms with Crippen molar-refractivity contribution in [2.45, 2.75) is 4.90 Å². The zero-order valence-corrected chi connectivity index (χ0v) is 22.6. The van der Waals surface area contributed by atoms with Crippen LogP contribution in [-0.4, -0.2) is 53.1 Å². The van der Waals surface area contributed by atoms with Crippen LogP contribution in [0.3, 0.4) is 0 Å². The molecule has 0 spiro atoms. The Morgan fingerprint density at radius 3 is 2.33 bits per heavy atom. The maximum atomic E-state index is 14.0. The average Bonchev–Trinajstić information content (AvgIpc) is 2.88. The molecule has 1 aliphatic heterocycles. The molecule has 1 saturated heterocycles. The van der Waals surface area contributed by atoms with E-state index in [1.54, 1.807) is 24.3 Å². The third-order valence-electron chi connectivity index (χ3n) is 6.26. The molecule has 1 aromatic heterocycles. The van der Waals surface area contributed by atoms with Crippen molar-refractivity contribution >= 4 is 65.2 Å². The van der Waals surface area contributed by atoms with Crippen LogP contribution in [0.2, 0.25) is 5.02 Å². The molecule has 0 atom stereocenters. The molecule has 0 saturated carbocycles. The molecule has 36 heavy (non-hydrogen) atoms. The van der Waals surface area contributed by atoms with Crippen LogP contribution in [0.5, 0.6) is 11.5 Å². The molecule has 4 aromatic rings. The molecule has 8 nitrogen and oxygen atoms in total. The standard InChI is InChI=1S/C25H22BrClN2O6S/c1-33-20-14-21(34-2)25(24-22(20)23(30)16-13-15(26)7-8-19(16)35-24)36(31,32)29-11-9-28(10-12-29)18-6-4-3-5-17(18)27/h3-8,13-14H,9-12H2,1-2H3. The van der Waals surface area contributed by atoms with Gasteiger partial charge in [0, 0.05) is 36.7 Å². The quantitative estimate of drug-likeness (QED) is 0.305. The van der Waals surface area contributed by atoms with Crippen LogP contribution >= 0.6 is 27.5 Å². The molecular weight excluding hydrogens is 572 g/mol. The molecule has 0 aliphatic carbocycles. The Morgan fingerprint density at radius 1 is 0.972 bits per heavy atom. The van der Waals surface area contributed by atoms with Gasteiger partial charge in [0.1, 0.15) is 22.5 Å². The van der Waals surface area contributed by atoms with Crippen molar-refractivity contribution < 1.29 is 22.3 Å². The maximum Gasteiger partial charge on any atom is 0.250 e. The van der Waals surface area contributed by atoms with Crippen LogP contribution in [0.1, 0.15) is 0 Å². The molecule has 11 heteroatoms. The van der Waals surface area contributed by atoms with E-state index < -0.39 is 15.5 Å². The Kier molecular flexibility index (Phi) is 6.63. The van der Waals surface area contributed by atoms with Crippen LogP contribution in [0, 0.1) is 0 Å². The van der Waals surface area contributed by atoms with Gasteiger partial charge in [-0.2, -0.15) is 4.31 Å². The number of nitrogens with zero attached hydrogens (tertiary/aromatic N) is 2. The van der Waals surface area contributed by atoms with Gasteiger partial charge in [-0.1, -0.05) is 39.7 Å². The van der Waals surface area contributed by atoms with Crippen molar-refractivity contribution in [2.75, 3.05) is 45.3 Å². The fourth-order valence-electron chi connectivity index (χ4n) is 4.48. The van der Waals surface area contributed by atoms with Crippen LogP contribution in [0.4, 0.5) is 5.69 Å². The molecule has 0 radical (unpaired) electrons. The fraction of sp³-hybridized carbons (Fsp3) is 0.240. The number of methoxy groups -OCH3 is 2. The molecule has 0 unspecified atom stereocenters. The van der Waals surface area contributed by atoms with E-state index in [0.717, 1.165) is 5.69 Å². The minimum absolute atomic E-state index is 0.0347. The predicted molar refractivity (Wildman–Crippen MR) is 143 cm³/mol. The molecule has 0 N–H and O–H groups in total. The van der Waals surface area contributed by atoms with Gasteiger partial charge in [-0.15, -0.1) is 0 Å². The lowest BCUT2D eigenvalue weighted by molar-refractivity contribution is 0.370. The molecule has 1 aliphatic rings. The zero-order chi connectivity index (χ0) is 25.6. The number of hydrogen-bond acceptors (Lipinski definition) is 7. The highest BCUT2D eigenvalue weighted by atomic mass is 79.9. The van der Waals surface area contributed by atoms with Gasteiger partial charge in [0.2, 0.25) is 5.43 Å². The first kappa shape index (κ1) is 24.9. The Labute approximate surface area is 221 Å². The van der Waals surface area contributed by atoms with E-state index in [1.165, 1.54) is 24.6 Å². The summed E-state index contributed by atoms with van der Waals surface area (Å²) in [5.74, 6) is 0.201. The normalized spacial score (nSPS) is 14.9. The van der Waals surface area contributed by atoms with Gasteiger partial charge in [0.05, 0.1) is 30.3 Å². The third-order valence-corrected chi connectivity index (χ3v) is 9.02. The summed E-state index contributed by atoms with van der Waals surface area (Å²) < 4.78 is 47.0. The average molecular weight is 594 g/mol. The number of ether oxygens (including phenoxy) is 2. The Balaban J connectivity index is 1.64. The molecular formula is C25H22BrClN2O6S. The summed E-state index contributed by atoms with van der Waals surface area (Å²) in [6.45, 7) is 1.32. The Hall–Kier alpha value is -2.79. The van der Waals surface area contributed by atoms with Crippen molar-refractivity contribution in [3.8, 4) is 11.5 Å². The van der Waals surface area contributed by atoms with Crippen LogP contribution in [0.25, 0.3) is 21.9 Å². The highest BCUT2D eigenvalue weighted by Crippen LogP contribution is 2.40. The van der Waals surface area contributed by atoms with Gasteiger partial charge >= 0.3 is 0 Å². The smallest absolute Gasteiger partial charge is 0.250 e. The number of benzene rings is 3. The highest BCUT2D eigenvalue weighted by Gasteiger charge is 2.36. The van der Waals surface area contributed by atoms with Crippen LogP contribution in [0.15, 0.2) is 67.1 Å². The van der Waals surface area contributed by atoms with E-state index in [4.69, 9.17) is 25.5 Å². The monoisotopic (exact) mass is 592 g/mol. The van der Waals surface area contributed by atoms with Gasteiger partial charge in [0.15, 0.2) is 10.5 Å². The molecule has 1 fully saturated rings. The second-order valence-corrected chi connectivity index (χ2v) is 11.4. The summed E-state index contributed by atoms with van der Waals surface area (Å²) in [6, 6.07) is 13.8. The maximum absolute atomic E-state index is 14.0. The first-order valence-electron chi connectivity index (χ1n) is 11.1. The number of hydrogen-bond donors (Lipinski definition) is 0. The number of piperazine rings is 1. The second kappa shape index (κ2) is 9.59. The summed E-state index contributed by atoms with van der Waals surface area (Å²) in [4.78, 5) is 15.3. The molecule has 2 heterocycles. The first-order chi connectivity index (χ1) is 17.3. The number of fused-ring (bicyclic) bond motifs is 2. The van der Waals surface area contributed by atoms with Crippen molar-refractivity contribution in [1.29, 1.82) is 0 Å². The number of rotatable bonds is 5. The number of halogens is 2. The van der Waals surface area contributed by atoms with Crippen molar-refractivity contribution in [1.82, 2.24) is 4.31 Å². The van der Waals surface area contributed by atoms with E-state index in [-0.39, 0.29) is 46.0 Å². The largest absolute Gasteiger partial charge is 0.496 e. The summed E-state index contributed by atoms with van der Waals surface area (Å²) in [5, 5.41) is 0.950.